The Labute approximate surface area is 165 Å². The highest BCUT2D eigenvalue weighted by molar-refractivity contribution is 6.96. The van der Waals surface area contributed by atoms with E-state index in [1.54, 1.807) is 0 Å². The van der Waals surface area contributed by atoms with Gasteiger partial charge in [0, 0.05) is 0 Å². The summed E-state index contributed by atoms with van der Waals surface area (Å²) in [5.41, 5.74) is 15.2. The van der Waals surface area contributed by atoms with E-state index in [2.05, 4.69) is 97.9 Å². The van der Waals surface area contributed by atoms with Crippen LogP contribution in [0.5, 0.6) is 0 Å². The van der Waals surface area contributed by atoms with Crippen LogP contribution in [0.25, 0.3) is 0 Å². The smallest absolute Gasteiger partial charge is 0.0681 e. The first-order chi connectivity index (χ1) is 12.7. The second kappa shape index (κ2) is 7.39. The highest BCUT2D eigenvalue weighted by Crippen LogP contribution is 2.13. The molecule has 0 saturated heterocycles. The van der Waals surface area contributed by atoms with Crippen LogP contribution in [0, 0.1) is 55.4 Å². The zero-order valence-corrected chi connectivity index (χ0v) is 18.1. The molecule has 0 bridgehead atoms. The lowest BCUT2D eigenvalue weighted by Crippen LogP contribution is -2.56. The summed E-state index contributed by atoms with van der Waals surface area (Å²) in [6.45, 7) is 18.1. The SMILES string of the molecule is Cc1cc(C)cc(B(c2c(C)cc(C)cc2C)c2c(C)cc(C)cc2C)c1. The summed E-state index contributed by atoms with van der Waals surface area (Å²) in [6.07, 6.45) is 0. The van der Waals surface area contributed by atoms with Crippen molar-refractivity contribution >= 4 is 23.1 Å². The third-order valence-electron chi connectivity index (χ3n) is 5.63. The highest BCUT2D eigenvalue weighted by Gasteiger charge is 2.28. The van der Waals surface area contributed by atoms with Gasteiger partial charge in [-0.1, -0.05) is 103 Å². The summed E-state index contributed by atoms with van der Waals surface area (Å²) in [6, 6.07) is 16.3. The van der Waals surface area contributed by atoms with Crippen molar-refractivity contribution in [2.24, 2.45) is 0 Å². The summed E-state index contributed by atoms with van der Waals surface area (Å²) in [7, 11) is 0. The van der Waals surface area contributed by atoms with Gasteiger partial charge in [-0.3, -0.25) is 0 Å². The molecule has 0 N–H and O–H groups in total. The van der Waals surface area contributed by atoms with E-state index in [4.69, 9.17) is 0 Å². The second-order valence-electron chi connectivity index (χ2n) is 8.48. The molecule has 0 fully saturated rings. The first-order valence-electron chi connectivity index (χ1n) is 9.91. The van der Waals surface area contributed by atoms with Crippen molar-refractivity contribution in [1.82, 2.24) is 0 Å². The standard InChI is InChI=1S/C26H31B/c1-16-9-17(2)15-24(14-16)27(25-20(5)10-18(3)11-21(25)6)26-22(7)12-19(4)13-23(26)8/h9-15H,1-8H3. The highest BCUT2D eigenvalue weighted by atomic mass is 14.1. The lowest BCUT2D eigenvalue weighted by molar-refractivity contribution is 1.33. The maximum Gasteiger partial charge on any atom is 0.242 e. The maximum absolute atomic E-state index is 2.37. The van der Waals surface area contributed by atoms with E-state index in [0.717, 1.165) is 0 Å². The molecule has 0 aliphatic heterocycles. The number of hydrogen-bond acceptors (Lipinski definition) is 0. The molecule has 0 nitrogen and oxygen atoms in total. The topological polar surface area (TPSA) is 0 Å². The maximum atomic E-state index is 2.37. The van der Waals surface area contributed by atoms with Gasteiger partial charge in [0.25, 0.3) is 0 Å². The fourth-order valence-electron chi connectivity index (χ4n) is 4.95. The van der Waals surface area contributed by atoms with Gasteiger partial charge in [-0.05, 0) is 55.4 Å². The van der Waals surface area contributed by atoms with Crippen LogP contribution in [0.4, 0.5) is 0 Å². The van der Waals surface area contributed by atoms with Gasteiger partial charge in [-0.25, -0.2) is 0 Å². The lowest BCUT2D eigenvalue weighted by atomic mass is 9.34. The molecule has 0 radical (unpaired) electrons. The van der Waals surface area contributed by atoms with Gasteiger partial charge in [0.05, 0.1) is 0 Å². The Morgan fingerprint density at radius 2 is 0.704 bits per heavy atom. The van der Waals surface area contributed by atoms with Crippen LogP contribution in [0.1, 0.15) is 44.5 Å². The minimum atomic E-state index is 0.268. The minimum Gasteiger partial charge on any atom is -0.0681 e. The Morgan fingerprint density at radius 1 is 0.407 bits per heavy atom. The molecule has 3 aromatic carbocycles. The van der Waals surface area contributed by atoms with Gasteiger partial charge in [0.1, 0.15) is 0 Å². The van der Waals surface area contributed by atoms with Crippen molar-refractivity contribution in [3.05, 3.63) is 87.0 Å². The van der Waals surface area contributed by atoms with E-state index < -0.39 is 0 Å². The Hall–Kier alpha value is -2.28. The van der Waals surface area contributed by atoms with E-state index in [1.807, 2.05) is 0 Å². The summed E-state index contributed by atoms with van der Waals surface area (Å²) in [4.78, 5) is 0. The molecule has 0 aromatic heterocycles. The molecule has 3 rings (SSSR count). The predicted octanol–water partition coefficient (Wildman–Crippen LogP) is 4.67. The molecule has 0 heterocycles. The zero-order chi connectivity index (χ0) is 19.9. The van der Waals surface area contributed by atoms with Crippen molar-refractivity contribution in [1.29, 1.82) is 0 Å². The Morgan fingerprint density at radius 3 is 1.04 bits per heavy atom. The molecule has 138 valence electrons. The van der Waals surface area contributed by atoms with Crippen LogP contribution in [-0.2, 0) is 0 Å². The summed E-state index contributed by atoms with van der Waals surface area (Å²) in [5.74, 6) is 0. The Kier molecular flexibility index (Phi) is 5.33. The molecular weight excluding hydrogens is 323 g/mol. The lowest BCUT2D eigenvalue weighted by Gasteiger charge is -2.25. The van der Waals surface area contributed by atoms with Crippen LogP contribution in [-0.4, -0.2) is 6.71 Å². The zero-order valence-electron chi connectivity index (χ0n) is 18.1. The van der Waals surface area contributed by atoms with E-state index in [9.17, 15) is 0 Å². The molecule has 3 aromatic rings. The van der Waals surface area contributed by atoms with Gasteiger partial charge in [-0.15, -0.1) is 0 Å². The van der Waals surface area contributed by atoms with Crippen molar-refractivity contribution < 1.29 is 0 Å². The van der Waals surface area contributed by atoms with Gasteiger partial charge in [0.15, 0.2) is 0 Å². The summed E-state index contributed by atoms with van der Waals surface area (Å²) >= 11 is 0. The minimum absolute atomic E-state index is 0.268. The van der Waals surface area contributed by atoms with E-state index in [1.165, 1.54) is 60.9 Å². The molecule has 0 atom stereocenters. The molecule has 0 spiro atoms. The average molecular weight is 354 g/mol. The average Bonchev–Trinajstić information content (AvgIpc) is 2.50. The molecule has 0 amide bonds. The number of benzene rings is 3. The van der Waals surface area contributed by atoms with Gasteiger partial charge in [-0.2, -0.15) is 0 Å². The predicted molar refractivity (Wildman–Crippen MR) is 122 cm³/mol. The van der Waals surface area contributed by atoms with Gasteiger partial charge in [0.2, 0.25) is 6.71 Å². The van der Waals surface area contributed by atoms with Gasteiger partial charge < -0.3 is 0 Å². The van der Waals surface area contributed by atoms with Crippen LogP contribution in [0.3, 0.4) is 0 Å². The molecule has 0 saturated carbocycles. The molecule has 1 heteroatoms. The monoisotopic (exact) mass is 354 g/mol. The molecular formula is C26H31B. The van der Waals surface area contributed by atoms with Crippen molar-refractivity contribution in [3.63, 3.8) is 0 Å². The van der Waals surface area contributed by atoms with Gasteiger partial charge >= 0.3 is 0 Å². The number of rotatable bonds is 3. The van der Waals surface area contributed by atoms with Crippen LogP contribution >= 0.6 is 0 Å². The molecule has 0 aliphatic carbocycles. The third-order valence-corrected chi connectivity index (χ3v) is 5.63. The van der Waals surface area contributed by atoms with Crippen LogP contribution in [0.15, 0.2) is 42.5 Å². The van der Waals surface area contributed by atoms with Crippen LogP contribution < -0.4 is 16.4 Å². The van der Waals surface area contributed by atoms with E-state index >= 15 is 0 Å². The molecule has 0 aliphatic rings. The second-order valence-corrected chi connectivity index (χ2v) is 8.48. The van der Waals surface area contributed by atoms with Crippen LogP contribution in [0.2, 0.25) is 0 Å². The number of hydrogen-bond donors (Lipinski definition) is 0. The first-order valence-corrected chi connectivity index (χ1v) is 9.91. The normalized spacial score (nSPS) is 11.0. The Bertz CT molecular complexity index is 887. The summed E-state index contributed by atoms with van der Waals surface area (Å²) < 4.78 is 0. The molecule has 0 unspecified atom stereocenters. The van der Waals surface area contributed by atoms with Crippen molar-refractivity contribution in [2.45, 2.75) is 55.4 Å². The van der Waals surface area contributed by atoms with Crippen molar-refractivity contribution in [3.8, 4) is 0 Å². The van der Waals surface area contributed by atoms with E-state index in [0.29, 0.717) is 0 Å². The van der Waals surface area contributed by atoms with Crippen molar-refractivity contribution in [2.75, 3.05) is 0 Å². The Balaban J connectivity index is 2.39. The fraction of sp³-hybridized carbons (Fsp3) is 0.308. The quantitative estimate of drug-likeness (QED) is 0.600. The largest absolute Gasteiger partial charge is 0.242 e. The fourth-order valence-corrected chi connectivity index (χ4v) is 4.95. The third kappa shape index (κ3) is 3.88. The number of aryl methyl sites for hydroxylation is 8. The summed E-state index contributed by atoms with van der Waals surface area (Å²) in [5, 5.41) is 0. The van der Waals surface area contributed by atoms with E-state index in [-0.39, 0.29) is 6.71 Å². The first kappa shape index (κ1) is 19.5. The molecule has 27 heavy (non-hydrogen) atoms.